The Bertz CT molecular complexity index is 119. The molecule has 0 N–H and O–H groups in total. The van der Waals surface area contributed by atoms with Gasteiger partial charge in [-0.1, -0.05) is 31.0 Å². The maximum atomic E-state index is 10.6. The molecule has 0 spiro atoms. The molecule has 2 nitrogen and oxygen atoms in total. The molecule has 0 radical (unpaired) electrons. The van der Waals surface area contributed by atoms with Gasteiger partial charge in [0.25, 0.3) is 5.97 Å². The molecule has 0 aliphatic rings. The van der Waals surface area contributed by atoms with Gasteiger partial charge in [-0.25, -0.2) is 0 Å². The molecule has 0 aromatic heterocycles. The summed E-state index contributed by atoms with van der Waals surface area (Å²) < 4.78 is 5.08. The van der Waals surface area contributed by atoms with Gasteiger partial charge < -0.3 is 3.79 Å². The molecule has 0 aromatic carbocycles. The van der Waals surface area contributed by atoms with Crippen LogP contribution in [0.1, 0.15) is 13.8 Å². The van der Waals surface area contributed by atoms with Crippen LogP contribution in [0.4, 0.5) is 0 Å². The molecular formula is C7H13AlO2. The summed E-state index contributed by atoms with van der Waals surface area (Å²) in [6.45, 7) is 7.43. The number of rotatable bonds is 4. The molecule has 0 unspecified atom stereocenters. The first-order chi connectivity index (χ1) is 4.74. The van der Waals surface area contributed by atoms with E-state index >= 15 is 0 Å². The first-order valence-corrected chi connectivity index (χ1v) is 5.68. The summed E-state index contributed by atoms with van der Waals surface area (Å²) in [5.74, 6) is -0.264. The molecule has 0 fully saturated rings. The Morgan fingerprint density at radius 3 is 2.40 bits per heavy atom. The van der Waals surface area contributed by atoms with E-state index in [2.05, 4.69) is 20.4 Å². The second-order valence-electron chi connectivity index (χ2n) is 2.08. The first kappa shape index (κ1) is 9.74. The van der Waals surface area contributed by atoms with Gasteiger partial charge in [0.1, 0.15) is 0 Å². The average Bonchev–Trinajstić information content (AvgIpc) is 1.99. The average molecular weight is 156 g/mol. The minimum atomic E-state index is -1.19. The maximum absolute atomic E-state index is 10.6. The lowest BCUT2D eigenvalue weighted by Crippen LogP contribution is -2.18. The van der Waals surface area contributed by atoms with E-state index in [0.717, 1.165) is 10.6 Å². The molecule has 0 rings (SSSR count). The van der Waals surface area contributed by atoms with Crippen molar-refractivity contribution in [3.8, 4) is 0 Å². The third kappa shape index (κ3) is 3.71. The second kappa shape index (κ2) is 5.52. The standard InChI is InChI=1S/C3H4O2.2C2H5.Al/c1-2-3(4)5;2*1-2;/h2H,1H2,(H,4,5);2*1H2,2H3;/q;;;+1/p-1. The quantitative estimate of drug-likeness (QED) is 0.458. The lowest BCUT2D eigenvalue weighted by molar-refractivity contribution is -0.129. The van der Waals surface area contributed by atoms with Gasteiger partial charge in [-0.3, -0.25) is 4.79 Å². The smallest absolute Gasteiger partial charge is 0.548 e. The Balaban J connectivity index is 3.62. The molecule has 0 heterocycles. The van der Waals surface area contributed by atoms with Crippen molar-refractivity contribution in [1.82, 2.24) is 0 Å². The van der Waals surface area contributed by atoms with Crippen LogP contribution >= 0.6 is 0 Å². The molecule has 0 saturated heterocycles. The van der Waals surface area contributed by atoms with Crippen molar-refractivity contribution in [2.24, 2.45) is 0 Å². The molecule has 0 aromatic rings. The van der Waals surface area contributed by atoms with Gasteiger partial charge in [-0.05, 0) is 0 Å². The fourth-order valence-electron chi connectivity index (χ4n) is 0.668. The van der Waals surface area contributed by atoms with Crippen LogP contribution in [0.5, 0.6) is 0 Å². The summed E-state index contributed by atoms with van der Waals surface area (Å²) in [7, 11) is 0. The van der Waals surface area contributed by atoms with Gasteiger partial charge in [-0.15, -0.1) is 0 Å². The van der Waals surface area contributed by atoms with Crippen LogP contribution in [0.3, 0.4) is 0 Å². The van der Waals surface area contributed by atoms with Gasteiger partial charge in [-0.2, -0.15) is 0 Å². The minimum Gasteiger partial charge on any atom is -0.613 e. The highest BCUT2D eigenvalue weighted by Gasteiger charge is 2.18. The summed E-state index contributed by atoms with van der Waals surface area (Å²) in [6.07, 6.45) is 1.23. The highest BCUT2D eigenvalue weighted by atomic mass is 27.2. The Morgan fingerprint density at radius 2 is 2.10 bits per heavy atom. The summed E-state index contributed by atoms with van der Waals surface area (Å²) >= 11 is -1.19. The molecule has 0 aliphatic heterocycles. The SMILES string of the molecule is C=CC(=O)[O][Al]([CH2]C)[CH2]C. The second-order valence-corrected chi connectivity index (χ2v) is 5.19. The van der Waals surface area contributed by atoms with Crippen molar-refractivity contribution in [3.63, 3.8) is 0 Å². The highest BCUT2D eigenvalue weighted by molar-refractivity contribution is 6.53. The zero-order valence-corrected chi connectivity index (χ0v) is 7.75. The van der Waals surface area contributed by atoms with Crippen molar-refractivity contribution in [2.75, 3.05) is 0 Å². The van der Waals surface area contributed by atoms with E-state index in [1.54, 1.807) is 0 Å². The van der Waals surface area contributed by atoms with Crippen molar-refractivity contribution in [2.45, 2.75) is 24.4 Å². The molecule has 0 amide bonds. The normalized spacial score (nSPS) is 8.60. The van der Waals surface area contributed by atoms with Gasteiger partial charge in [0.15, 0.2) is 0 Å². The van der Waals surface area contributed by atoms with Crippen molar-refractivity contribution < 1.29 is 8.58 Å². The summed E-state index contributed by atoms with van der Waals surface area (Å²) in [5.41, 5.74) is 0. The molecule has 0 atom stereocenters. The van der Waals surface area contributed by atoms with E-state index < -0.39 is 14.5 Å². The number of hydrogen-bond donors (Lipinski definition) is 0. The Kier molecular flexibility index (Phi) is 5.38. The minimum absolute atomic E-state index is 0.264. The van der Waals surface area contributed by atoms with Crippen LogP contribution in [0.25, 0.3) is 0 Å². The van der Waals surface area contributed by atoms with E-state index in [9.17, 15) is 4.79 Å². The predicted molar refractivity (Wildman–Crippen MR) is 43.0 cm³/mol. The van der Waals surface area contributed by atoms with Crippen molar-refractivity contribution >= 4 is 20.5 Å². The topological polar surface area (TPSA) is 26.3 Å². The van der Waals surface area contributed by atoms with Gasteiger partial charge in [0, 0.05) is 6.08 Å². The largest absolute Gasteiger partial charge is 0.613 e. The van der Waals surface area contributed by atoms with E-state index in [1.165, 1.54) is 6.08 Å². The van der Waals surface area contributed by atoms with Crippen LogP contribution < -0.4 is 0 Å². The van der Waals surface area contributed by atoms with E-state index in [-0.39, 0.29) is 5.97 Å². The molecular weight excluding hydrogens is 143 g/mol. The Labute approximate surface area is 66.6 Å². The fourth-order valence-corrected chi connectivity index (χ4v) is 2.00. The number of carbonyl (C=O) groups excluding carboxylic acids is 1. The molecule has 0 bridgehead atoms. The predicted octanol–water partition coefficient (Wildman–Crippen LogP) is 1.75. The van der Waals surface area contributed by atoms with Gasteiger partial charge in [0.05, 0.1) is 0 Å². The van der Waals surface area contributed by atoms with Gasteiger partial charge in [0.2, 0.25) is 0 Å². The molecule has 0 saturated carbocycles. The summed E-state index contributed by atoms with van der Waals surface area (Å²) in [6, 6.07) is 0. The molecule has 0 aliphatic carbocycles. The third-order valence-corrected chi connectivity index (χ3v) is 3.75. The van der Waals surface area contributed by atoms with Crippen LogP contribution in [0.2, 0.25) is 10.6 Å². The zero-order chi connectivity index (χ0) is 7.98. The lowest BCUT2D eigenvalue weighted by atomic mass is 10.7. The van der Waals surface area contributed by atoms with E-state index in [4.69, 9.17) is 3.79 Å². The fraction of sp³-hybridized carbons (Fsp3) is 0.571. The highest BCUT2D eigenvalue weighted by Crippen LogP contribution is 1.99. The van der Waals surface area contributed by atoms with Crippen LogP contribution in [0.15, 0.2) is 12.7 Å². The molecule has 3 heteroatoms. The van der Waals surface area contributed by atoms with Crippen molar-refractivity contribution in [1.29, 1.82) is 0 Å². The molecule has 10 heavy (non-hydrogen) atoms. The van der Waals surface area contributed by atoms with Crippen molar-refractivity contribution in [3.05, 3.63) is 12.7 Å². The lowest BCUT2D eigenvalue weighted by Gasteiger charge is -2.06. The van der Waals surface area contributed by atoms with E-state index in [0.29, 0.717) is 0 Å². The number of hydrogen-bond acceptors (Lipinski definition) is 2. The summed E-state index contributed by atoms with van der Waals surface area (Å²) in [4.78, 5) is 10.6. The zero-order valence-electron chi connectivity index (χ0n) is 6.59. The Morgan fingerprint density at radius 1 is 1.60 bits per heavy atom. The van der Waals surface area contributed by atoms with E-state index in [1.807, 2.05) is 0 Å². The summed E-state index contributed by atoms with van der Waals surface area (Å²) in [5, 5.41) is 2.02. The van der Waals surface area contributed by atoms with Gasteiger partial charge >= 0.3 is 14.5 Å². The first-order valence-electron chi connectivity index (χ1n) is 3.57. The van der Waals surface area contributed by atoms with Crippen LogP contribution in [0, 0.1) is 0 Å². The monoisotopic (exact) mass is 156 g/mol. The number of carbonyl (C=O) groups is 1. The molecule has 56 valence electrons. The van der Waals surface area contributed by atoms with Crippen LogP contribution in [-0.2, 0) is 8.58 Å². The Hall–Kier alpha value is -0.258. The maximum Gasteiger partial charge on any atom is 0.548 e. The van der Waals surface area contributed by atoms with Crippen LogP contribution in [-0.4, -0.2) is 20.5 Å². The third-order valence-electron chi connectivity index (χ3n) is 1.36.